The molecule has 0 radical (unpaired) electrons. The SMILES string of the molecule is CN(C(=O)COC(=O)c1cccc(Oc2ccccc2)c1)[C@@H]1CCS(=O)(=O)C1. The van der Waals surface area contributed by atoms with Crippen LogP contribution in [0, 0.1) is 0 Å². The lowest BCUT2D eigenvalue weighted by Crippen LogP contribution is -2.40. The molecule has 1 amide bonds. The predicted molar refractivity (Wildman–Crippen MR) is 103 cm³/mol. The van der Waals surface area contributed by atoms with Crippen LogP contribution >= 0.6 is 0 Å². The number of likely N-dealkylation sites (N-methyl/N-ethyl adjacent to an activating group) is 1. The number of esters is 1. The van der Waals surface area contributed by atoms with Gasteiger partial charge in [-0.2, -0.15) is 0 Å². The molecule has 1 atom stereocenters. The molecule has 0 aliphatic carbocycles. The summed E-state index contributed by atoms with van der Waals surface area (Å²) in [6.07, 6.45) is 0.400. The lowest BCUT2D eigenvalue weighted by Gasteiger charge is -2.23. The van der Waals surface area contributed by atoms with E-state index in [2.05, 4.69) is 0 Å². The minimum absolute atomic E-state index is 0.0535. The third-order valence-electron chi connectivity index (χ3n) is 4.52. The second-order valence-corrected chi connectivity index (χ2v) is 8.81. The molecule has 1 aliphatic heterocycles. The van der Waals surface area contributed by atoms with Crippen molar-refractivity contribution in [1.29, 1.82) is 0 Å². The van der Waals surface area contributed by atoms with E-state index in [0.29, 0.717) is 17.9 Å². The summed E-state index contributed by atoms with van der Waals surface area (Å²) in [5.74, 6) is 0.0359. The van der Waals surface area contributed by atoms with Gasteiger partial charge in [-0.3, -0.25) is 4.79 Å². The van der Waals surface area contributed by atoms with Crippen molar-refractivity contribution in [3.63, 3.8) is 0 Å². The van der Waals surface area contributed by atoms with E-state index in [4.69, 9.17) is 9.47 Å². The van der Waals surface area contributed by atoms with Crippen molar-refractivity contribution in [3.8, 4) is 11.5 Å². The van der Waals surface area contributed by atoms with Crippen LogP contribution in [0.5, 0.6) is 11.5 Å². The number of hydrogen-bond acceptors (Lipinski definition) is 6. The Balaban J connectivity index is 1.56. The van der Waals surface area contributed by atoms with E-state index in [9.17, 15) is 18.0 Å². The fourth-order valence-corrected chi connectivity index (χ4v) is 4.68. The van der Waals surface area contributed by atoms with E-state index in [-0.39, 0.29) is 23.1 Å². The van der Waals surface area contributed by atoms with Gasteiger partial charge in [-0.1, -0.05) is 24.3 Å². The predicted octanol–water partition coefficient (Wildman–Crippen LogP) is 2.28. The van der Waals surface area contributed by atoms with Gasteiger partial charge in [0.15, 0.2) is 16.4 Å². The van der Waals surface area contributed by atoms with Gasteiger partial charge in [0.25, 0.3) is 5.91 Å². The topological polar surface area (TPSA) is 90.0 Å². The second kappa shape index (κ2) is 8.43. The zero-order chi connectivity index (χ0) is 20.1. The highest BCUT2D eigenvalue weighted by Crippen LogP contribution is 2.22. The van der Waals surface area contributed by atoms with Crippen molar-refractivity contribution in [2.75, 3.05) is 25.2 Å². The summed E-state index contributed by atoms with van der Waals surface area (Å²) >= 11 is 0. The first kappa shape index (κ1) is 19.9. The number of hydrogen-bond donors (Lipinski definition) is 0. The summed E-state index contributed by atoms with van der Waals surface area (Å²) in [7, 11) is -1.57. The number of amides is 1. The van der Waals surface area contributed by atoms with Crippen molar-refractivity contribution in [2.45, 2.75) is 12.5 Å². The maximum absolute atomic E-state index is 12.3. The standard InChI is InChI=1S/C20H21NO6S/c1-21(16-10-11-28(24,25)14-16)19(22)13-26-20(23)15-6-5-9-18(12-15)27-17-7-3-2-4-8-17/h2-9,12,16H,10-11,13-14H2,1H3/t16-/m1/s1. The van der Waals surface area contributed by atoms with E-state index in [1.54, 1.807) is 30.3 Å². The number of sulfone groups is 1. The monoisotopic (exact) mass is 403 g/mol. The Morgan fingerprint density at radius 1 is 1.07 bits per heavy atom. The van der Waals surface area contributed by atoms with Crippen molar-refractivity contribution in [2.24, 2.45) is 0 Å². The fourth-order valence-electron chi connectivity index (χ4n) is 2.91. The van der Waals surface area contributed by atoms with Crippen LogP contribution in [-0.4, -0.2) is 56.4 Å². The molecule has 1 saturated heterocycles. The number of para-hydroxylation sites is 1. The first-order chi connectivity index (χ1) is 13.3. The molecule has 3 rings (SSSR count). The lowest BCUT2D eigenvalue weighted by molar-refractivity contribution is -0.134. The van der Waals surface area contributed by atoms with Crippen molar-refractivity contribution < 1.29 is 27.5 Å². The summed E-state index contributed by atoms with van der Waals surface area (Å²) in [6.45, 7) is -0.449. The van der Waals surface area contributed by atoms with E-state index in [0.717, 1.165) is 0 Å². The molecule has 0 aromatic heterocycles. The quantitative estimate of drug-likeness (QED) is 0.688. The van der Waals surface area contributed by atoms with Crippen LogP contribution in [0.1, 0.15) is 16.8 Å². The third-order valence-corrected chi connectivity index (χ3v) is 6.28. The highest BCUT2D eigenvalue weighted by molar-refractivity contribution is 7.91. The molecule has 2 aromatic rings. The number of rotatable bonds is 6. The number of carbonyl (C=O) groups is 2. The zero-order valence-corrected chi connectivity index (χ0v) is 16.2. The van der Waals surface area contributed by atoms with E-state index in [1.165, 1.54) is 18.0 Å². The number of benzene rings is 2. The van der Waals surface area contributed by atoms with Crippen LogP contribution < -0.4 is 4.74 Å². The van der Waals surface area contributed by atoms with E-state index < -0.39 is 28.3 Å². The van der Waals surface area contributed by atoms with Crippen molar-refractivity contribution >= 4 is 21.7 Å². The Kier molecular flexibility index (Phi) is 5.99. The van der Waals surface area contributed by atoms with Gasteiger partial charge in [-0.15, -0.1) is 0 Å². The fraction of sp³-hybridized carbons (Fsp3) is 0.300. The average Bonchev–Trinajstić information content (AvgIpc) is 3.06. The van der Waals surface area contributed by atoms with Crippen LogP contribution in [0.3, 0.4) is 0 Å². The van der Waals surface area contributed by atoms with Gasteiger partial charge in [0.05, 0.1) is 17.1 Å². The molecule has 148 valence electrons. The minimum atomic E-state index is -3.09. The molecular weight excluding hydrogens is 382 g/mol. The van der Waals surface area contributed by atoms with Crippen LogP contribution in [0.15, 0.2) is 54.6 Å². The van der Waals surface area contributed by atoms with Gasteiger partial charge < -0.3 is 14.4 Å². The van der Waals surface area contributed by atoms with Crippen molar-refractivity contribution in [1.82, 2.24) is 4.90 Å². The Morgan fingerprint density at radius 2 is 1.79 bits per heavy atom. The molecule has 1 aliphatic rings. The van der Waals surface area contributed by atoms with Gasteiger partial charge in [0.1, 0.15) is 11.5 Å². The molecule has 0 bridgehead atoms. The minimum Gasteiger partial charge on any atom is -0.457 e. The summed E-state index contributed by atoms with van der Waals surface area (Å²) < 4.78 is 33.9. The largest absolute Gasteiger partial charge is 0.457 e. The number of ether oxygens (including phenoxy) is 2. The summed E-state index contributed by atoms with van der Waals surface area (Å²) in [5.41, 5.74) is 0.257. The highest BCUT2D eigenvalue weighted by atomic mass is 32.2. The highest BCUT2D eigenvalue weighted by Gasteiger charge is 2.32. The van der Waals surface area contributed by atoms with Gasteiger partial charge in [-0.25, -0.2) is 13.2 Å². The second-order valence-electron chi connectivity index (χ2n) is 6.58. The molecule has 0 N–H and O–H groups in total. The molecule has 0 saturated carbocycles. The van der Waals surface area contributed by atoms with Gasteiger partial charge in [0, 0.05) is 13.1 Å². The number of nitrogens with zero attached hydrogens (tertiary/aromatic N) is 1. The molecule has 2 aromatic carbocycles. The van der Waals surface area contributed by atoms with Crippen LogP contribution in [0.2, 0.25) is 0 Å². The summed E-state index contributed by atoms with van der Waals surface area (Å²) in [6, 6.07) is 15.2. The summed E-state index contributed by atoms with van der Waals surface area (Å²) in [5, 5.41) is 0. The Hall–Kier alpha value is -2.87. The smallest absolute Gasteiger partial charge is 0.338 e. The Morgan fingerprint density at radius 3 is 2.46 bits per heavy atom. The van der Waals surface area contributed by atoms with Crippen LogP contribution in [0.25, 0.3) is 0 Å². The van der Waals surface area contributed by atoms with Crippen LogP contribution in [-0.2, 0) is 19.4 Å². The van der Waals surface area contributed by atoms with E-state index >= 15 is 0 Å². The Labute approximate surface area is 163 Å². The summed E-state index contributed by atoms with van der Waals surface area (Å²) in [4.78, 5) is 25.8. The average molecular weight is 403 g/mol. The first-order valence-corrected chi connectivity index (χ1v) is 10.6. The normalized spacial score (nSPS) is 17.7. The molecule has 1 heterocycles. The molecule has 7 nitrogen and oxygen atoms in total. The van der Waals surface area contributed by atoms with Gasteiger partial charge in [0.2, 0.25) is 0 Å². The van der Waals surface area contributed by atoms with Gasteiger partial charge in [-0.05, 0) is 36.8 Å². The first-order valence-electron chi connectivity index (χ1n) is 8.80. The van der Waals surface area contributed by atoms with Crippen molar-refractivity contribution in [3.05, 3.63) is 60.2 Å². The molecule has 0 spiro atoms. The van der Waals surface area contributed by atoms with Crippen LogP contribution in [0.4, 0.5) is 0 Å². The lowest BCUT2D eigenvalue weighted by atomic mass is 10.2. The third kappa shape index (κ3) is 5.10. The molecular formula is C20H21NO6S. The zero-order valence-electron chi connectivity index (χ0n) is 15.4. The number of carbonyl (C=O) groups excluding carboxylic acids is 2. The molecule has 1 fully saturated rings. The molecule has 8 heteroatoms. The maximum atomic E-state index is 12.3. The van der Waals surface area contributed by atoms with Gasteiger partial charge >= 0.3 is 5.97 Å². The van der Waals surface area contributed by atoms with E-state index in [1.807, 2.05) is 18.2 Å². The maximum Gasteiger partial charge on any atom is 0.338 e. The molecule has 0 unspecified atom stereocenters. The Bertz CT molecular complexity index is 958. The molecule has 28 heavy (non-hydrogen) atoms.